The van der Waals surface area contributed by atoms with Crippen LogP contribution in [0.2, 0.25) is 5.02 Å². The van der Waals surface area contributed by atoms with E-state index in [0.29, 0.717) is 16.1 Å². The summed E-state index contributed by atoms with van der Waals surface area (Å²) in [5.74, 6) is 5.09. The second kappa shape index (κ2) is 11.2. The van der Waals surface area contributed by atoms with Gasteiger partial charge in [-0.2, -0.15) is 0 Å². The lowest BCUT2D eigenvalue weighted by Crippen LogP contribution is -2.51. The molecular formula is C34H50ClNO2. The Bertz CT molecular complexity index is 1040. The molecule has 4 aliphatic carbocycles. The number of carbonyl (C=O) groups is 1. The largest absolute Gasteiger partial charge is 0.446 e. The van der Waals surface area contributed by atoms with Crippen LogP contribution in [0.3, 0.4) is 0 Å². The number of allylic oxidation sites excluding steroid dienone is 1. The zero-order chi connectivity index (χ0) is 27.1. The van der Waals surface area contributed by atoms with Crippen LogP contribution in [-0.4, -0.2) is 12.2 Å². The lowest BCUT2D eigenvalue weighted by atomic mass is 9.47. The van der Waals surface area contributed by atoms with E-state index in [4.69, 9.17) is 16.3 Å². The predicted molar refractivity (Wildman–Crippen MR) is 158 cm³/mol. The molecule has 1 amide bonds. The van der Waals surface area contributed by atoms with Gasteiger partial charge in [-0.15, -0.1) is 0 Å². The molecule has 0 unspecified atom stereocenters. The molecular weight excluding hydrogens is 490 g/mol. The molecule has 1 aromatic rings. The third kappa shape index (κ3) is 5.43. The first kappa shape index (κ1) is 28.1. The van der Waals surface area contributed by atoms with Gasteiger partial charge in [0.25, 0.3) is 0 Å². The molecule has 3 saturated carbocycles. The molecule has 1 N–H and O–H groups in total. The molecule has 0 aromatic heterocycles. The number of fused-ring (bicyclic) bond motifs is 5. The zero-order valence-electron chi connectivity index (χ0n) is 24.4. The Kier molecular flexibility index (Phi) is 8.26. The number of amides is 1. The van der Waals surface area contributed by atoms with E-state index in [2.05, 4.69) is 46.0 Å². The minimum Gasteiger partial charge on any atom is -0.446 e. The van der Waals surface area contributed by atoms with Crippen LogP contribution in [0.4, 0.5) is 10.5 Å². The number of carbonyl (C=O) groups excluding carboxylic acids is 1. The van der Waals surface area contributed by atoms with E-state index in [0.717, 1.165) is 54.8 Å². The fourth-order valence-electron chi connectivity index (χ4n) is 9.62. The highest BCUT2D eigenvalue weighted by Crippen LogP contribution is 2.67. The van der Waals surface area contributed by atoms with Crippen LogP contribution in [0.25, 0.3) is 0 Å². The summed E-state index contributed by atoms with van der Waals surface area (Å²) in [7, 11) is 0. The molecule has 0 saturated heterocycles. The van der Waals surface area contributed by atoms with E-state index in [1.165, 1.54) is 51.4 Å². The van der Waals surface area contributed by atoms with Gasteiger partial charge in [-0.05, 0) is 109 Å². The SMILES string of the molecule is CC(C)CCC[C@@H](C)[C@@H]1CC[C@@H]2[C@H]3CC=C4C[C@@H](OC(=O)Nc5cccc(Cl)c5)CC[C@]4(C)[C@@H]3CC[C@@]21C. The minimum atomic E-state index is -0.372. The topological polar surface area (TPSA) is 38.3 Å². The molecule has 1 aromatic carbocycles. The highest BCUT2D eigenvalue weighted by Gasteiger charge is 2.59. The number of nitrogens with one attached hydrogen (secondary N) is 1. The third-order valence-corrected chi connectivity index (χ3v) is 11.8. The van der Waals surface area contributed by atoms with Crippen molar-refractivity contribution in [1.82, 2.24) is 0 Å². The summed E-state index contributed by atoms with van der Waals surface area (Å²) in [4.78, 5) is 12.6. The Morgan fingerprint density at radius 3 is 2.66 bits per heavy atom. The maximum atomic E-state index is 12.6. The van der Waals surface area contributed by atoms with Crippen LogP contribution in [0, 0.1) is 46.3 Å². The van der Waals surface area contributed by atoms with Crippen LogP contribution in [0.1, 0.15) is 105 Å². The van der Waals surface area contributed by atoms with Crippen molar-refractivity contribution >= 4 is 23.4 Å². The van der Waals surface area contributed by atoms with Crippen molar-refractivity contribution in [3.8, 4) is 0 Å². The van der Waals surface area contributed by atoms with Crippen molar-refractivity contribution in [2.45, 2.75) is 111 Å². The number of anilines is 1. The van der Waals surface area contributed by atoms with Crippen LogP contribution in [-0.2, 0) is 4.74 Å². The number of halogens is 1. The van der Waals surface area contributed by atoms with Crippen molar-refractivity contribution in [2.75, 3.05) is 5.32 Å². The van der Waals surface area contributed by atoms with Crippen LogP contribution < -0.4 is 5.32 Å². The van der Waals surface area contributed by atoms with Gasteiger partial charge in [0.05, 0.1) is 0 Å². The Morgan fingerprint density at radius 1 is 1.08 bits per heavy atom. The highest BCUT2D eigenvalue weighted by atomic mass is 35.5. The number of rotatable bonds is 7. The molecule has 0 spiro atoms. The van der Waals surface area contributed by atoms with E-state index in [1.807, 2.05) is 12.1 Å². The lowest BCUT2D eigenvalue weighted by molar-refractivity contribution is -0.0577. The number of benzene rings is 1. The van der Waals surface area contributed by atoms with E-state index in [-0.39, 0.29) is 17.6 Å². The molecule has 0 radical (unpaired) electrons. The maximum Gasteiger partial charge on any atom is 0.411 e. The molecule has 4 aliphatic rings. The summed E-state index contributed by atoms with van der Waals surface area (Å²) in [6.07, 6.45) is 16.2. The summed E-state index contributed by atoms with van der Waals surface area (Å²) in [5, 5.41) is 3.46. The quantitative estimate of drug-likeness (QED) is 0.350. The van der Waals surface area contributed by atoms with Gasteiger partial charge in [0, 0.05) is 17.1 Å². The second-order valence-electron chi connectivity index (χ2n) is 14.2. The smallest absolute Gasteiger partial charge is 0.411 e. The first-order valence-corrected chi connectivity index (χ1v) is 15.9. The third-order valence-electron chi connectivity index (χ3n) is 11.6. The lowest BCUT2D eigenvalue weighted by Gasteiger charge is -2.58. The first-order valence-electron chi connectivity index (χ1n) is 15.5. The van der Waals surface area contributed by atoms with Gasteiger partial charge < -0.3 is 4.74 Å². The molecule has 0 aliphatic heterocycles. The normalized spacial score (nSPS) is 37.0. The van der Waals surface area contributed by atoms with Crippen molar-refractivity contribution in [3.63, 3.8) is 0 Å². The van der Waals surface area contributed by atoms with Gasteiger partial charge in [0.1, 0.15) is 6.10 Å². The summed E-state index contributed by atoms with van der Waals surface area (Å²) < 4.78 is 5.90. The van der Waals surface area contributed by atoms with Crippen LogP contribution >= 0.6 is 11.6 Å². The van der Waals surface area contributed by atoms with Crippen LogP contribution in [0.15, 0.2) is 35.9 Å². The standard InChI is InChI=1S/C34H50ClNO2/c1-22(2)8-6-9-23(3)29-14-15-30-28-13-12-24-20-27(38-32(37)36-26-11-7-10-25(35)21-26)16-18-33(24,4)31(28)17-19-34(29,30)5/h7,10-12,21-23,27-31H,6,8-9,13-20H2,1-5H3,(H,36,37)/t23-,27+,28-,29+,30-,31-,33+,34-/m1/s1. The Balaban J connectivity index is 1.22. The van der Waals surface area contributed by atoms with Crippen molar-refractivity contribution in [1.29, 1.82) is 0 Å². The minimum absolute atomic E-state index is 0.0403. The molecule has 210 valence electrons. The van der Waals surface area contributed by atoms with E-state index < -0.39 is 0 Å². The maximum absolute atomic E-state index is 12.6. The number of hydrogen-bond donors (Lipinski definition) is 1. The molecule has 3 fully saturated rings. The Morgan fingerprint density at radius 2 is 1.89 bits per heavy atom. The van der Waals surface area contributed by atoms with Gasteiger partial charge in [0.15, 0.2) is 0 Å². The molecule has 3 nitrogen and oxygen atoms in total. The van der Waals surface area contributed by atoms with Gasteiger partial charge in [-0.1, -0.05) is 83.2 Å². The summed E-state index contributed by atoms with van der Waals surface area (Å²) in [6.45, 7) is 12.5. The molecule has 5 rings (SSSR count). The highest BCUT2D eigenvalue weighted by molar-refractivity contribution is 6.30. The number of hydrogen-bond acceptors (Lipinski definition) is 2. The Hall–Kier alpha value is -1.48. The summed E-state index contributed by atoms with van der Waals surface area (Å²) in [6, 6.07) is 7.23. The van der Waals surface area contributed by atoms with Crippen LogP contribution in [0.5, 0.6) is 0 Å². The van der Waals surface area contributed by atoms with Crippen molar-refractivity contribution < 1.29 is 9.53 Å². The van der Waals surface area contributed by atoms with Gasteiger partial charge >= 0.3 is 6.09 Å². The average molecular weight is 540 g/mol. The molecule has 38 heavy (non-hydrogen) atoms. The van der Waals surface area contributed by atoms with Gasteiger partial charge in [-0.3, -0.25) is 5.32 Å². The molecule has 0 bridgehead atoms. The molecule has 4 heteroatoms. The fourth-order valence-corrected chi connectivity index (χ4v) is 9.81. The molecule has 0 heterocycles. The summed E-state index contributed by atoms with van der Waals surface area (Å²) in [5.41, 5.74) is 3.04. The monoisotopic (exact) mass is 539 g/mol. The molecule has 8 atom stereocenters. The summed E-state index contributed by atoms with van der Waals surface area (Å²) >= 11 is 6.06. The average Bonchev–Trinajstić information content (AvgIpc) is 3.21. The predicted octanol–water partition coefficient (Wildman–Crippen LogP) is 10.3. The zero-order valence-corrected chi connectivity index (χ0v) is 25.2. The van der Waals surface area contributed by atoms with Gasteiger partial charge in [-0.25, -0.2) is 4.79 Å². The van der Waals surface area contributed by atoms with Gasteiger partial charge in [0.2, 0.25) is 0 Å². The Labute approximate surface area is 236 Å². The van der Waals surface area contributed by atoms with Crippen molar-refractivity contribution in [3.05, 3.63) is 40.9 Å². The van der Waals surface area contributed by atoms with E-state index >= 15 is 0 Å². The van der Waals surface area contributed by atoms with E-state index in [1.54, 1.807) is 17.7 Å². The first-order chi connectivity index (χ1) is 18.1. The fraction of sp³-hybridized carbons (Fsp3) is 0.735. The van der Waals surface area contributed by atoms with E-state index in [9.17, 15) is 4.79 Å². The number of ether oxygens (including phenoxy) is 1. The second-order valence-corrected chi connectivity index (χ2v) is 14.6. The van der Waals surface area contributed by atoms with Crippen molar-refractivity contribution in [2.24, 2.45) is 46.3 Å².